The summed E-state index contributed by atoms with van der Waals surface area (Å²) in [6.45, 7) is 2.90. The summed E-state index contributed by atoms with van der Waals surface area (Å²) in [5, 5.41) is 21.8. The molecule has 0 saturated carbocycles. The van der Waals surface area contributed by atoms with Crippen LogP contribution in [0, 0.1) is 0 Å². The lowest BCUT2D eigenvalue weighted by molar-refractivity contribution is -0.121. The van der Waals surface area contributed by atoms with Gasteiger partial charge in [-0.1, -0.05) is 6.92 Å². The van der Waals surface area contributed by atoms with Gasteiger partial charge < -0.3 is 20.4 Å². The van der Waals surface area contributed by atoms with E-state index in [0.29, 0.717) is 32.4 Å². The average molecular weight is 292 g/mol. The second-order valence-electron chi connectivity index (χ2n) is 5.23. The van der Waals surface area contributed by atoms with E-state index in [1.165, 1.54) is 18.2 Å². The molecule has 1 aliphatic heterocycles. The van der Waals surface area contributed by atoms with Crippen LogP contribution in [0.5, 0.6) is 11.5 Å². The maximum Gasteiger partial charge on any atom is 0.254 e. The van der Waals surface area contributed by atoms with E-state index in [2.05, 4.69) is 5.32 Å². The van der Waals surface area contributed by atoms with Crippen LogP contribution in [0.1, 0.15) is 36.5 Å². The Morgan fingerprint density at radius 2 is 1.76 bits per heavy atom. The number of likely N-dealkylation sites (tertiary alicyclic amines) is 1. The minimum absolute atomic E-state index is 0.0256. The summed E-state index contributed by atoms with van der Waals surface area (Å²) in [5.74, 6) is -0.467. The molecule has 2 rings (SSSR count). The van der Waals surface area contributed by atoms with Crippen LogP contribution in [-0.2, 0) is 4.79 Å². The number of hydrogen-bond acceptors (Lipinski definition) is 4. The van der Waals surface area contributed by atoms with Crippen molar-refractivity contribution in [3.05, 3.63) is 23.8 Å². The summed E-state index contributed by atoms with van der Waals surface area (Å²) in [6, 6.07) is 3.97. The Balaban J connectivity index is 1.95. The van der Waals surface area contributed by atoms with Gasteiger partial charge in [0.05, 0.1) is 0 Å². The molecule has 21 heavy (non-hydrogen) atoms. The maximum atomic E-state index is 12.3. The molecule has 6 nitrogen and oxygen atoms in total. The predicted octanol–water partition coefficient (Wildman–Crippen LogP) is 1.23. The first-order valence-corrected chi connectivity index (χ1v) is 7.11. The van der Waals surface area contributed by atoms with Gasteiger partial charge >= 0.3 is 0 Å². The summed E-state index contributed by atoms with van der Waals surface area (Å²) >= 11 is 0. The Labute approximate surface area is 123 Å². The molecule has 1 aromatic carbocycles. The van der Waals surface area contributed by atoms with Crippen LogP contribution in [-0.4, -0.2) is 46.1 Å². The van der Waals surface area contributed by atoms with Crippen LogP contribution in [0.2, 0.25) is 0 Å². The molecule has 1 heterocycles. The first-order valence-electron chi connectivity index (χ1n) is 7.11. The molecule has 3 N–H and O–H groups in total. The number of rotatable bonds is 3. The van der Waals surface area contributed by atoms with E-state index in [1.54, 1.807) is 4.90 Å². The molecule has 1 aromatic rings. The fourth-order valence-corrected chi connectivity index (χ4v) is 2.46. The summed E-state index contributed by atoms with van der Waals surface area (Å²) < 4.78 is 0. The number of phenols is 2. The molecule has 0 bridgehead atoms. The van der Waals surface area contributed by atoms with Gasteiger partial charge in [-0.05, 0) is 25.0 Å². The second kappa shape index (κ2) is 6.47. The Bertz CT molecular complexity index is 516. The quantitative estimate of drug-likeness (QED) is 0.781. The van der Waals surface area contributed by atoms with Crippen molar-refractivity contribution in [3.63, 3.8) is 0 Å². The Kier molecular flexibility index (Phi) is 4.67. The van der Waals surface area contributed by atoms with Crippen molar-refractivity contribution in [2.45, 2.75) is 32.2 Å². The molecule has 0 radical (unpaired) electrons. The number of nitrogens with one attached hydrogen (secondary N) is 1. The van der Waals surface area contributed by atoms with E-state index in [4.69, 9.17) is 0 Å². The number of hydrogen-bond donors (Lipinski definition) is 3. The van der Waals surface area contributed by atoms with Crippen molar-refractivity contribution in [1.29, 1.82) is 0 Å². The van der Waals surface area contributed by atoms with Gasteiger partial charge in [0.1, 0.15) is 11.5 Å². The third-order valence-electron chi connectivity index (χ3n) is 3.62. The molecule has 0 aliphatic carbocycles. The van der Waals surface area contributed by atoms with Crippen molar-refractivity contribution in [2.75, 3.05) is 13.1 Å². The first kappa shape index (κ1) is 15.2. The van der Waals surface area contributed by atoms with Crippen molar-refractivity contribution in [3.8, 4) is 11.5 Å². The fraction of sp³-hybridized carbons (Fsp3) is 0.467. The smallest absolute Gasteiger partial charge is 0.254 e. The van der Waals surface area contributed by atoms with Crippen molar-refractivity contribution in [1.82, 2.24) is 10.2 Å². The van der Waals surface area contributed by atoms with E-state index in [1.807, 2.05) is 6.92 Å². The number of amides is 2. The summed E-state index contributed by atoms with van der Waals surface area (Å²) in [6.07, 6.45) is 1.88. The van der Waals surface area contributed by atoms with E-state index in [9.17, 15) is 19.8 Å². The molecule has 1 fully saturated rings. The number of carbonyl (C=O) groups is 2. The largest absolute Gasteiger partial charge is 0.508 e. The molecule has 114 valence electrons. The standard InChI is InChI=1S/C15H20N2O4/c1-2-14(20)16-11-3-5-17(6-4-11)15(21)10-7-12(18)9-13(19)8-10/h7-9,11,18-19H,2-6H2,1H3,(H,16,20). The topological polar surface area (TPSA) is 89.9 Å². The predicted molar refractivity (Wildman–Crippen MR) is 77.1 cm³/mol. The Hall–Kier alpha value is -2.24. The third kappa shape index (κ3) is 3.87. The van der Waals surface area contributed by atoms with E-state index in [0.717, 1.165) is 0 Å². The highest BCUT2D eigenvalue weighted by Crippen LogP contribution is 2.22. The molecular weight excluding hydrogens is 272 g/mol. The molecule has 0 atom stereocenters. The van der Waals surface area contributed by atoms with Gasteiger partial charge in [0.2, 0.25) is 5.91 Å². The zero-order valence-corrected chi connectivity index (χ0v) is 12.0. The zero-order valence-electron chi connectivity index (χ0n) is 12.0. The van der Waals surface area contributed by atoms with Gasteiger partial charge in [0.25, 0.3) is 5.91 Å². The number of piperidine rings is 1. The monoisotopic (exact) mass is 292 g/mol. The molecule has 2 amide bonds. The highest BCUT2D eigenvalue weighted by molar-refractivity contribution is 5.95. The van der Waals surface area contributed by atoms with Crippen LogP contribution in [0.15, 0.2) is 18.2 Å². The minimum Gasteiger partial charge on any atom is -0.508 e. The zero-order chi connectivity index (χ0) is 15.4. The SMILES string of the molecule is CCC(=O)NC1CCN(C(=O)c2cc(O)cc(O)c2)CC1. The number of phenolic OH excluding ortho intramolecular Hbond substituents is 2. The average Bonchev–Trinajstić information content (AvgIpc) is 2.46. The van der Waals surface area contributed by atoms with Gasteiger partial charge in [-0.3, -0.25) is 9.59 Å². The number of nitrogens with zero attached hydrogens (tertiary/aromatic N) is 1. The molecule has 0 spiro atoms. The van der Waals surface area contributed by atoms with Crippen LogP contribution >= 0.6 is 0 Å². The fourth-order valence-electron chi connectivity index (χ4n) is 2.46. The van der Waals surface area contributed by atoms with Gasteiger partial charge in [0, 0.05) is 37.2 Å². The summed E-state index contributed by atoms with van der Waals surface area (Å²) in [5.41, 5.74) is 0.267. The lowest BCUT2D eigenvalue weighted by Crippen LogP contribution is -2.46. The van der Waals surface area contributed by atoms with Gasteiger partial charge in [-0.2, -0.15) is 0 Å². The van der Waals surface area contributed by atoms with Crippen molar-refractivity contribution in [2.24, 2.45) is 0 Å². The molecule has 1 aliphatic rings. The van der Waals surface area contributed by atoms with E-state index in [-0.39, 0.29) is 34.9 Å². The number of carbonyl (C=O) groups excluding carboxylic acids is 2. The van der Waals surface area contributed by atoms with Crippen molar-refractivity contribution >= 4 is 11.8 Å². The Morgan fingerprint density at radius 1 is 1.19 bits per heavy atom. The lowest BCUT2D eigenvalue weighted by Gasteiger charge is -2.32. The van der Waals surface area contributed by atoms with Crippen LogP contribution < -0.4 is 5.32 Å². The minimum atomic E-state index is -0.221. The van der Waals surface area contributed by atoms with Crippen LogP contribution in [0.4, 0.5) is 0 Å². The highest BCUT2D eigenvalue weighted by Gasteiger charge is 2.24. The highest BCUT2D eigenvalue weighted by atomic mass is 16.3. The second-order valence-corrected chi connectivity index (χ2v) is 5.23. The number of aromatic hydroxyl groups is 2. The van der Waals surface area contributed by atoms with Crippen LogP contribution in [0.25, 0.3) is 0 Å². The number of benzene rings is 1. The third-order valence-corrected chi connectivity index (χ3v) is 3.62. The summed E-state index contributed by atoms with van der Waals surface area (Å²) in [4.78, 5) is 25.3. The van der Waals surface area contributed by atoms with Gasteiger partial charge in [-0.15, -0.1) is 0 Å². The summed E-state index contributed by atoms with van der Waals surface area (Å²) in [7, 11) is 0. The van der Waals surface area contributed by atoms with Gasteiger partial charge in [-0.25, -0.2) is 0 Å². The maximum absolute atomic E-state index is 12.3. The lowest BCUT2D eigenvalue weighted by atomic mass is 10.0. The van der Waals surface area contributed by atoms with E-state index < -0.39 is 0 Å². The van der Waals surface area contributed by atoms with Crippen molar-refractivity contribution < 1.29 is 19.8 Å². The van der Waals surface area contributed by atoms with Crippen LogP contribution in [0.3, 0.4) is 0 Å². The normalized spacial score (nSPS) is 15.8. The Morgan fingerprint density at radius 3 is 2.29 bits per heavy atom. The van der Waals surface area contributed by atoms with Gasteiger partial charge in [0.15, 0.2) is 0 Å². The first-order chi connectivity index (χ1) is 9.99. The molecule has 1 saturated heterocycles. The molecular formula is C15H20N2O4. The molecule has 0 aromatic heterocycles. The molecule has 0 unspecified atom stereocenters. The van der Waals surface area contributed by atoms with E-state index >= 15 is 0 Å². The molecule has 6 heteroatoms.